The van der Waals surface area contributed by atoms with E-state index in [1.807, 2.05) is 20.8 Å². The predicted octanol–water partition coefficient (Wildman–Crippen LogP) is 2.50. The van der Waals surface area contributed by atoms with Crippen molar-refractivity contribution in [3.8, 4) is 0 Å². The van der Waals surface area contributed by atoms with E-state index in [4.69, 9.17) is 15.2 Å². The molecular formula is C15H29NO3. The van der Waals surface area contributed by atoms with Crippen LogP contribution in [0.3, 0.4) is 0 Å². The smallest absolute Gasteiger partial charge is 0.313 e. The summed E-state index contributed by atoms with van der Waals surface area (Å²) in [5.74, 6) is 0.552. The van der Waals surface area contributed by atoms with Gasteiger partial charge in [0.1, 0.15) is 6.61 Å². The van der Waals surface area contributed by atoms with E-state index in [-0.39, 0.29) is 11.6 Å². The van der Waals surface area contributed by atoms with Crippen LogP contribution in [0.5, 0.6) is 0 Å². The Balaban J connectivity index is 2.38. The van der Waals surface area contributed by atoms with E-state index in [1.165, 1.54) is 0 Å². The molecule has 0 aromatic heterocycles. The molecular weight excluding hydrogens is 242 g/mol. The second-order valence-electron chi connectivity index (χ2n) is 6.76. The number of rotatable bonds is 5. The zero-order chi connectivity index (χ0) is 14.5. The maximum absolute atomic E-state index is 12.2. The average Bonchev–Trinajstić information content (AvgIpc) is 2.34. The monoisotopic (exact) mass is 271 g/mol. The largest absolute Gasteiger partial charge is 0.463 e. The lowest BCUT2D eigenvalue weighted by Crippen LogP contribution is -2.43. The van der Waals surface area contributed by atoms with Gasteiger partial charge in [-0.05, 0) is 52.4 Å². The first kappa shape index (κ1) is 16.4. The van der Waals surface area contributed by atoms with Crippen molar-refractivity contribution < 1.29 is 14.3 Å². The highest BCUT2D eigenvalue weighted by Gasteiger charge is 2.41. The summed E-state index contributed by atoms with van der Waals surface area (Å²) in [6.45, 7) is 9.32. The second-order valence-corrected chi connectivity index (χ2v) is 6.76. The predicted molar refractivity (Wildman–Crippen MR) is 75.8 cm³/mol. The molecule has 19 heavy (non-hydrogen) atoms. The van der Waals surface area contributed by atoms with Crippen LogP contribution in [0.25, 0.3) is 0 Å². The second kappa shape index (κ2) is 6.71. The Bertz CT molecular complexity index is 288. The number of ether oxygens (including phenoxy) is 2. The van der Waals surface area contributed by atoms with E-state index in [0.29, 0.717) is 25.7 Å². The van der Waals surface area contributed by atoms with Crippen LogP contribution in [-0.4, -0.2) is 31.3 Å². The minimum Gasteiger partial charge on any atom is -0.463 e. The van der Waals surface area contributed by atoms with Gasteiger partial charge in [0.05, 0.1) is 17.6 Å². The van der Waals surface area contributed by atoms with Gasteiger partial charge in [-0.25, -0.2) is 0 Å². The van der Waals surface area contributed by atoms with E-state index < -0.39 is 5.41 Å². The van der Waals surface area contributed by atoms with Crippen molar-refractivity contribution in [2.45, 2.75) is 59.0 Å². The van der Waals surface area contributed by atoms with Gasteiger partial charge in [0, 0.05) is 6.54 Å². The number of hydrogen-bond donors (Lipinski definition) is 1. The molecule has 1 saturated carbocycles. The Hall–Kier alpha value is -0.610. The molecule has 1 aliphatic carbocycles. The van der Waals surface area contributed by atoms with Gasteiger partial charge in [0.2, 0.25) is 0 Å². The van der Waals surface area contributed by atoms with Gasteiger partial charge in [0.15, 0.2) is 0 Å². The van der Waals surface area contributed by atoms with Crippen LogP contribution < -0.4 is 5.73 Å². The Morgan fingerprint density at radius 3 is 2.32 bits per heavy atom. The summed E-state index contributed by atoms with van der Waals surface area (Å²) in [5, 5.41) is 0. The van der Waals surface area contributed by atoms with Crippen LogP contribution in [-0.2, 0) is 14.3 Å². The highest BCUT2D eigenvalue weighted by molar-refractivity contribution is 5.77. The third kappa shape index (κ3) is 5.11. The molecule has 1 aliphatic rings. The van der Waals surface area contributed by atoms with Crippen molar-refractivity contribution in [2.24, 2.45) is 17.1 Å². The summed E-state index contributed by atoms with van der Waals surface area (Å²) in [6.07, 6.45) is 3.82. The summed E-state index contributed by atoms with van der Waals surface area (Å²) in [7, 11) is 0. The van der Waals surface area contributed by atoms with E-state index in [0.717, 1.165) is 25.7 Å². The fourth-order valence-corrected chi connectivity index (χ4v) is 2.44. The van der Waals surface area contributed by atoms with Gasteiger partial charge < -0.3 is 15.2 Å². The summed E-state index contributed by atoms with van der Waals surface area (Å²) >= 11 is 0. The van der Waals surface area contributed by atoms with Crippen LogP contribution >= 0.6 is 0 Å². The molecule has 0 atom stereocenters. The molecule has 0 radical (unpaired) electrons. The lowest BCUT2D eigenvalue weighted by Gasteiger charge is -2.36. The van der Waals surface area contributed by atoms with Gasteiger partial charge in [-0.15, -0.1) is 0 Å². The van der Waals surface area contributed by atoms with Gasteiger partial charge in [-0.2, -0.15) is 0 Å². The van der Waals surface area contributed by atoms with Crippen LogP contribution in [0.1, 0.15) is 53.4 Å². The molecule has 0 spiro atoms. The van der Waals surface area contributed by atoms with E-state index >= 15 is 0 Å². The first-order valence-electron chi connectivity index (χ1n) is 7.30. The third-order valence-corrected chi connectivity index (χ3v) is 3.91. The normalized spacial score (nSPS) is 28.2. The zero-order valence-corrected chi connectivity index (χ0v) is 12.8. The maximum atomic E-state index is 12.2. The molecule has 0 bridgehead atoms. The molecule has 2 N–H and O–H groups in total. The summed E-state index contributed by atoms with van der Waals surface area (Å²) in [4.78, 5) is 12.2. The van der Waals surface area contributed by atoms with Gasteiger partial charge in [0.25, 0.3) is 0 Å². The first-order valence-corrected chi connectivity index (χ1v) is 7.30. The van der Waals surface area contributed by atoms with Gasteiger partial charge >= 0.3 is 5.97 Å². The molecule has 1 fully saturated rings. The van der Waals surface area contributed by atoms with E-state index in [9.17, 15) is 4.79 Å². The molecule has 0 amide bonds. The van der Waals surface area contributed by atoms with Crippen molar-refractivity contribution in [1.82, 2.24) is 0 Å². The third-order valence-electron chi connectivity index (χ3n) is 3.91. The zero-order valence-electron chi connectivity index (χ0n) is 12.8. The number of carbonyl (C=O) groups is 1. The summed E-state index contributed by atoms with van der Waals surface area (Å²) in [6, 6.07) is 0. The molecule has 4 nitrogen and oxygen atoms in total. The highest BCUT2D eigenvalue weighted by atomic mass is 16.6. The number of esters is 1. The van der Waals surface area contributed by atoms with E-state index in [1.54, 1.807) is 0 Å². The van der Waals surface area contributed by atoms with Crippen LogP contribution in [0.2, 0.25) is 0 Å². The molecule has 0 aliphatic heterocycles. The minimum absolute atomic E-state index is 0.139. The average molecular weight is 271 g/mol. The Labute approximate surface area is 117 Å². The molecule has 0 saturated heterocycles. The number of hydrogen-bond acceptors (Lipinski definition) is 4. The molecule has 0 aromatic carbocycles. The van der Waals surface area contributed by atoms with Crippen molar-refractivity contribution in [1.29, 1.82) is 0 Å². The summed E-state index contributed by atoms with van der Waals surface area (Å²) < 4.78 is 10.9. The van der Waals surface area contributed by atoms with Crippen molar-refractivity contribution in [3.63, 3.8) is 0 Å². The highest BCUT2D eigenvalue weighted by Crippen LogP contribution is 2.39. The van der Waals surface area contributed by atoms with Crippen LogP contribution in [0.15, 0.2) is 0 Å². The molecule has 112 valence electrons. The van der Waals surface area contributed by atoms with Gasteiger partial charge in [-0.3, -0.25) is 4.79 Å². The lowest BCUT2D eigenvalue weighted by molar-refractivity contribution is -0.161. The first-order chi connectivity index (χ1) is 8.79. The topological polar surface area (TPSA) is 61.6 Å². The van der Waals surface area contributed by atoms with Crippen molar-refractivity contribution >= 4 is 5.97 Å². The molecule has 1 rings (SSSR count). The van der Waals surface area contributed by atoms with Crippen LogP contribution in [0.4, 0.5) is 0 Å². The molecule has 0 heterocycles. The summed E-state index contributed by atoms with van der Waals surface area (Å²) in [5.41, 5.74) is 5.18. The minimum atomic E-state index is -0.450. The van der Waals surface area contributed by atoms with Crippen molar-refractivity contribution in [2.75, 3.05) is 19.8 Å². The standard InChI is InChI=1S/C15H29NO3/c1-12-5-7-15(11-16,8-6-12)13(17)18-9-10-19-14(2,3)4/h12H,5-11,16H2,1-4H3. The number of carbonyl (C=O) groups excluding carboxylic acids is 1. The van der Waals surface area contributed by atoms with Crippen molar-refractivity contribution in [3.05, 3.63) is 0 Å². The fraction of sp³-hybridized carbons (Fsp3) is 0.933. The molecule has 0 unspecified atom stereocenters. The SMILES string of the molecule is CC1CCC(CN)(C(=O)OCCOC(C)(C)C)CC1. The fourth-order valence-electron chi connectivity index (χ4n) is 2.44. The van der Waals surface area contributed by atoms with E-state index in [2.05, 4.69) is 6.92 Å². The molecule has 0 aromatic rings. The molecule has 4 heteroatoms. The Morgan fingerprint density at radius 1 is 1.26 bits per heavy atom. The van der Waals surface area contributed by atoms with Crippen LogP contribution in [0, 0.1) is 11.3 Å². The lowest BCUT2D eigenvalue weighted by atomic mass is 9.71. The Kier molecular flexibility index (Phi) is 5.81. The number of nitrogens with two attached hydrogens (primary N) is 1. The Morgan fingerprint density at radius 2 is 1.84 bits per heavy atom. The maximum Gasteiger partial charge on any atom is 0.313 e. The van der Waals surface area contributed by atoms with Gasteiger partial charge in [-0.1, -0.05) is 6.92 Å². The quantitative estimate of drug-likeness (QED) is 0.616.